The van der Waals surface area contributed by atoms with Crippen LogP contribution in [0.3, 0.4) is 0 Å². The van der Waals surface area contributed by atoms with Gasteiger partial charge < -0.3 is 25.6 Å². The predicted molar refractivity (Wildman–Crippen MR) is 117 cm³/mol. The number of aromatic nitrogens is 2. The van der Waals surface area contributed by atoms with Gasteiger partial charge in [0.2, 0.25) is 5.95 Å². The summed E-state index contributed by atoms with van der Waals surface area (Å²) in [7, 11) is 3.63. The van der Waals surface area contributed by atoms with E-state index in [4.69, 9.17) is 15.5 Å². The Bertz CT molecular complexity index is 866. The Morgan fingerprint density at radius 1 is 1.36 bits per heavy atom. The molecule has 28 heavy (non-hydrogen) atoms. The highest BCUT2D eigenvalue weighted by Gasteiger charge is 2.31. The highest BCUT2D eigenvalue weighted by molar-refractivity contribution is 5.75. The van der Waals surface area contributed by atoms with Crippen molar-refractivity contribution in [3.05, 3.63) is 36.7 Å². The average Bonchev–Trinajstić information content (AvgIpc) is 2.67. The first kappa shape index (κ1) is 19.8. The fourth-order valence-electron chi connectivity index (χ4n) is 3.30. The van der Waals surface area contributed by atoms with E-state index in [1.807, 2.05) is 25.4 Å². The number of fused-ring (bicyclic) bond motifs is 1. The molecule has 0 amide bonds. The van der Waals surface area contributed by atoms with Crippen molar-refractivity contribution in [2.45, 2.75) is 33.2 Å². The van der Waals surface area contributed by atoms with Crippen LogP contribution < -0.4 is 25.6 Å². The van der Waals surface area contributed by atoms with Crippen LogP contribution in [0.4, 0.5) is 28.8 Å². The van der Waals surface area contributed by atoms with Crippen molar-refractivity contribution in [1.82, 2.24) is 9.97 Å². The standard InChI is InChI=1S/C21H30N6O/c1-13(2)9-10-27-15(4)14(3)26(5)18-12-23-21(25-20(18)27)24-17-8-7-16(22)11-19(17)28-6/h7-8,11-13,15H,3,9-10,22H2,1-2,4-6H3,(H,23,24,25)/t15-/m1/s1. The second kappa shape index (κ2) is 7.96. The molecule has 0 fully saturated rings. The molecule has 0 saturated carbocycles. The number of hydrogen-bond acceptors (Lipinski definition) is 7. The Hall–Kier alpha value is -2.96. The molecule has 0 bridgehead atoms. The monoisotopic (exact) mass is 382 g/mol. The summed E-state index contributed by atoms with van der Waals surface area (Å²) < 4.78 is 5.42. The lowest BCUT2D eigenvalue weighted by molar-refractivity contribution is 0.417. The van der Waals surface area contributed by atoms with Gasteiger partial charge in [0.05, 0.1) is 25.0 Å². The van der Waals surface area contributed by atoms with E-state index in [0.717, 1.165) is 35.9 Å². The summed E-state index contributed by atoms with van der Waals surface area (Å²) >= 11 is 0. The molecule has 0 aliphatic carbocycles. The highest BCUT2D eigenvalue weighted by Crippen LogP contribution is 2.38. The van der Waals surface area contributed by atoms with Crippen molar-refractivity contribution in [2.75, 3.05) is 41.6 Å². The Kier molecular flexibility index (Phi) is 5.63. The van der Waals surface area contributed by atoms with Crippen molar-refractivity contribution >= 4 is 28.8 Å². The maximum Gasteiger partial charge on any atom is 0.229 e. The largest absolute Gasteiger partial charge is 0.494 e. The fourth-order valence-corrected chi connectivity index (χ4v) is 3.30. The average molecular weight is 383 g/mol. The van der Waals surface area contributed by atoms with Gasteiger partial charge in [-0.1, -0.05) is 20.4 Å². The number of nitrogens with one attached hydrogen (secondary N) is 1. The normalized spacial score (nSPS) is 16.4. The summed E-state index contributed by atoms with van der Waals surface area (Å²) in [6.07, 6.45) is 2.92. The van der Waals surface area contributed by atoms with Crippen molar-refractivity contribution in [3.8, 4) is 5.75 Å². The molecule has 1 aromatic carbocycles. The number of anilines is 5. The quantitative estimate of drug-likeness (QED) is 0.731. The SMILES string of the molecule is C=C1[C@@H](C)N(CCC(C)C)c2nc(Nc3ccc(N)cc3OC)ncc2N1C. The topological polar surface area (TPSA) is 79.5 Å². The minimum absolute atomic E-state index is 0.171. The molecule has 1 aromatic heterocycles. The summed E-state index contributed by atoms with van der Waals surface area (Å²) in [6.45, 7) is 11.8. The molecule has 7 heteroatoms. The Labute approximate surface area is 167 Å². The minimum atomic E-state index is 0.171. The van der Waals surface area contributed by atoms with Crippen molar-refractivity contribution in [3.63, 3.8) is 0 Å². The van der Waals surface area contributed by atoms with E-state index in [1.165, 1.54) is 0 Å². The molecule has 0 saturated heterocycles. The number of nitrogens with two attached hydrogens (primary N) is 1. The summed E-state index contributed by atoms with van der Waals surface area (Å²) in [6, 6.07) is 5.63. The lowest BCUT2D eigenvalue weighted by Gasteiger charge is -2.42. The number of methoxy groups -OCH3 is 1. The third kappa shape index (κ3) is 3.83. The van der Waals surface area contributed by atoms with Gasteiger partial charge >= 0.3 is 0 Å². The molecule has 3 N–H and O–H groups in total. The lowest BCUT2D eigenvalue weighted by Crippen LogP contribution is -2.45. The van der Waals surface area contributed by atoms with Gasteiger partial charge in [-0.25, -0.2) is 4.98 Å². The van der Waals surface area contributed by atoms with Gasteiger partial charge in [0, 0.05) is 31.0 Å². The molecule has 1 aliphatic heterocycles. The minimum Gasteiger partial charge on any atom is -0.494 e. The lowest BCUT2D eigenvalue weighted by atomic mass is 10.1. The second-order valence-corrected chi connectivity index (χ2v) is 7.59. The molecular weight excluding hydrogens is 352 g/mol. The molecule has 1 aliphatic rings. The molecule has 150 valence electrons. The molecule has 7 nitrogen and oxygen atoms in total. The summed E-state index contributed by atoms with van der Waals surface area (Å²) in [5, 5.41) is 3.26. The predicted octanol–water partition coefficient (Wildman–Crippen LogP) is 4.02. The van der Waals surface area contributed by atoms with Crippen molar-refractivity contribution in [1.29, 1.82) is 0 Å². The van der Waals surface area contributed by atoms with Crippen molar-refractivity contribution in [2.24, 2.45) is 5.92 Å². The van der Waals surface area contributed by atoms with Crippen LogP contribution >= 0.6 is 0 Å². The molecule has 0 radical (unpaired) electrons. The zero-order chi connectivity index (χ0) is 20.4. The van der Waals surface area contributed by atoms with Gasteiger partial charge in [0.1, 0.15) is 11.4 Å². The van der Waals surface area contributed by atoms with E-state index in [2.05, 4.69) is 47.5 Å². The first-order valence-corrected chi connectivity index (χ1v) is 9.58. The van der Waals surface area contributed by atoms with Gasteiger partial charge in [0.25, 0.3) is 0 Å². The maximum absolute atomic E-state index is 5.85. The molecule has 2 heterocycles. The number of likely N-dealkylation sites (N-methyl/N-ethyl adjacent to an activating group) is 1. The van der Waals surface area contributed by atoms with Crippen LogP contribution in [0, 0.1) is 5.92 Å². The fraction of sp³-hybridized carbons (Fsp3) is 0.429. The number of ether oxygens (including phenoxy) is 1. The second-order valence-electron chi connectivity index (χ2n) is 7.59. The summed E-state index contributed by atoms with van der Waals surface area (Å²) in [5.74, 6) is 2.69. The van der Waals surface area contributed by atoms with E-state index in [9.17, 15) is 0 Å². The van der Waals surface area contributed by atoms with Crippen LogP contribution in [0.1, 0.15) is 27.2 Å². The number of nitrogen functional groups attached to an aromatic ring is 1. The van der Waals surface area contributed by atoms with Crippen LogP contribution in [-0.4, -0.2) is 36.7 Å². The van der Waals surface area contributed by atoms with E-state index in [-0.39, 0.29) is 6.04 Å². The Morgan fingerprint density at radius 3 is 2.79 bits per heavy atom. The van der Waals surface area contributed by atoms with Gasteiger partial charge in [-0.2, -0.15) is 4.98 Å². The number of nitrogens with zero attached hydrogens (tertiary/aromatic N) is 4. The number of benzene rings is 1. The smallest absolute Gasteiger partial charge is 0.229 e. The van der Waals surface area contributed by atoms with E-state index in [1.54, 1.807) is 13.2 Å². The van der Waals surface area contributed by atoms with E-state index < -0.39 is 0 Å². The third-order valence-corrected chi connectivity index (χ3v) is 5.18. The van der Waals surface area contributed by atoms with Crippen LogP contribution in [0.5, 0.6) is 5.75 Å². The van der Waals surface area contributed by atoms with Gasteiger partial charge in [-0.3, -0.25) is 0 Å². The first-order chi connectivity index (χ1) is 13.3. The Morgan fingerprint density at radius 2 is 2.11 bits per heavy atom. The summed E-state index contributed by atoms with van der Waals surface area (Å²) in [5.41, 5.74) is 9.26. The highest BCUT2D eigenvalue weighted by atomic mass is 16.5. The molecule has 0 unspecified atom stereocenters. The van der Waals surface area contributed by atoms with Crippen LogP contribution in [0.2, 0.25) is 0 Å². The van der Waals surface area contributed by atoms with Gasteiger partial charge in [-0.15, -0.1) is 0 Å². The van der Waals surface area contributed by atoms with Gasteiger partial charge in [0.15, 0.2) is 5.82 Å². The van der Waals surface area contributed by atoms with E-state index in [0.29, 0.717) is 23.3 Å². The maximum atomic E-state index is 5.85. The molecule has 2 aromatic rings. The molecular formula is C21H30N6O. The third-order valence-electron chi connectivity index (χ3n) is 5.18. The molecule has 3 rings (SSSR count). The molecule has 0 spiro atoms. The van der Waals surface area contributed by atoms with E-state index >= 15 is 0 Å². The van der Waals surface area contributed by atoms with Crippen LogP contribution in [-0.2, 0) is 0 Å². The van der Waals surface area contributed by atoms with Gasteiger partial charge in [-0.05, 0) is 31.4 Å². The number of rotatable bonds is 6. The summed E-state index contributed by atoms with van der Waals surface area (Å²) in [4.78, 5) is 13.7. The molecule has 1 atom stereocenters. The van der Waals surface area contributed by atoms with Crippen LogP contribution in [0.25, 0.3) is 0 Å². The van der Waals surface area contributed by atoms with Crippen LogP contribution in [0.15, 0.2) is 36.7 Å². The zero-order valence-corrected chi connectivity index (χ0v) is 17.4. The zero-order valence-electron chi connectivity index (χ0n) is 17.4. The van der Waals surface area contributed by atoms with Crippen molar-refractivity contribution < 1.29 is 4.74 Å². The first-order valence-electron chi connectivity index (χ1n) is 9.58. The number of hydrogen-bond donors (Lipinski definition) is 2. The Balaban J connectivity index is 1.96.